The third-order valence-corrected chi connectivity index (χ3v) is 16.8. The second-order valence-electron chi connectivity index (χ2n) is 12.8. The van der Waals surface area contributed by atoms with E-state index in [4.69, 9.17) is 13.6 Å². The standard InChI is InChI=1S/C25H46FN3O5Si2/c1-13-14-18(30)27-21-17(26)15-29(23(31)28-21)22-20(34-36(11,12)25(6,7)8)19(16(2)32-22)33-35(9,10)24(3,4)5/h15-16,19-20,22H,13-14H2,1-12H3,(H,27,28,30,31)/t16-,19-,20-,22-/m1/s1. The van der Waals surface area contributed by atoms with Crippen molar-refractivity contribution in [3.05, 3.63) is 22.5 Å². The van der Waals surface area contributed by atoms with E-state index in [2.05, 4.69) is 78.0 Å². The molecule has 0 saturated carbocycles. The number of ether oxygens (including phenoxy) is 1. The van der Waals surface area contributed by atoms with Crippen molar-refractivity contribution in [1.82, 2.24) is 9.55 Å². The first-order chi connectivity index (χ1) is 16.2. The summed E-state index contributed by atoms with van der Waals surface area (Å²) in [7, 11) is -4.58. The van der Waals surface area contributed by atoms with Crippen LogP contribution in [0.25, 0.3) is 0 Å². The van der Waals surface area contributed by atoms with Crippen molar-refractivity contribution in [2.75, 3.05) is 5.32 Å². The summed E-state index contributed by atoms with van der Waals surface area (Å²) in [5, 5.41) is 2.23. The number of carbonyl (C=O) groups excluding carboxylic acids is 1. The maximum absolute atomic E-state index is 15.0. The molecule has 1 aliphatic rings. The maximum Gasteiger partial charge on any atom is 0.351 e. The van der Waals surface area contributed by atoms with Crippen LogP contribution < -0.4 is 11.0 Å². The van der Waals surface area contributed by atoms with Crippen LogP contribution in [0.5, 0.6) is 0 Å². The van der Waals surface area contributed by atoms with Gasteiger partial charge in [0.15, 0.2) is 34.5 Å². The molecule has 36 heavy (non-hydrogen) atoms. The molecule has 0 radical (unpaired) electrons. The quantitative estimate of drug-likeness (QED) is 0.416. The van der Waals surface area contributed by atoms with Crippen LogP contribution in [0.1, 0.15) is 74.5 Å². The van der Waals surface area contributed by atoms with Crippen molar-refractivity contribution in [3.8, 4) is 0 Å². The van der Waals surface area contributed by atoms with E-state index < -0.39 is 58.6 Å². The molecule has 206 valence electrons. The van der Waals surface area contributed by atoms with Gasteiger partial charge in [-0.1, -0.05) is 48.5 Å². The molecule has 0 aliphatic carbocycles. The summed E-state index contributed by atoms with van der Waals surface area (Å²) in [6.45, 7) is 25.2. The first-order valence-electron chi connectivity index (χ1n) is 12.8. The summed E-state index contributed by atoms with van der Waals surface area (Å²) in [5.74, 6) is -1.58. The summed E-state index contributed by atoms with van der Waals surface area (Å²) in [6, 6.07) is 0. The number of hydrogen-bond acceptors (Lipinski definition) is 6. The molecule has 0 aromatic carbocycles. The Balaban J connectivity index is 2.54. The molecule has 1 aliphatic heterocycles. The predicted molar refractivity (Wildman–Crippen MR) is 146 cm³/mol. The van der Waals surface area contributed by atoms with Crippen molar-refractivity contribution >= 4 is 28.4 Å². The molecule has 0 unspecified atom stereocenters. The second kappa shape index (κ2) is 10.8. The molecule has 1 fully saturated rings. The molecule has 1 amide bonds. The van der Waals surface area contributed by atoms with Gasteiger partial charge in [-0.25, -0.2) is 9.18 Å². The van der Waals surface area contributed by atoms with E-state index in [1.165, 1.54) is 0 Å². The minimum absolute atomic E-state index is 0.0465. The average Bonchev–Trinajstić information content (AvgIpc) is 2.97. The summed E-state index contributed by atoms with van der Waals surface area (Å²) >= 11 is 0. The number of nitrogens with one attached hydrogen (secondary N) is 1. The van der Waals surface area contributed by atoms with Crippen LogP contribution >= 0.6 is 0 Å². The Morgan fingerprint density at radius 1 is 1.08 bits per heavy atom. The van der Waals surface area contributed by atoms with Crippen molar-refractivity contribution < 1.29 is 22.8 Å². The number of aromatic nitrogens is 2. The van der Waals surface area contributed by atoms with Gasteiger partial charge < -0.3 is 18.9 Å². The molecule has 4 atom stereocenters. The first-order valence-corrected chi connectivity index (χ1v) is 18.6. The Bertz CT molecular complexity index is 1000. The molecule has 2 heterocycles. The lowest BCUT2D eigenvalue weighted by Crippen LogP contribution is -2.53. The number of rotatable bonds is 8. The zero-order chi connectivity index (χ0) is 27.9. The molecule has 1 N–H and O–H groups in total. The van der Waals surface area contributed by atoms with Crippen molar-refractivity contribution in [2.24, 2.45) is 0 Å². The smallest absolute Gasteiger partial charge is 0.351 e. The largest absolute Gasteiger partial charge is 0.409 e. The highest BCUT2D eigenvalue weighted by Gasteiger charge is 2.53. The fourth-order valence-corrected chi connectivity index (χ4v) is 6.13. The number of carbonyl (C=O) groups is 1. The van der Waals surface area contributed by atoms with E-state index in [0.717, 1.165) is 10.8 Å². The van der Waals surface area contributed by atoms with Gasteiger partial charge in [0.2, 0.25) is 5.91 Å². The van der Waals surface area contributed by atoms with Crippen LogP contribution in [0, 0.1) is 5.82 Å². The van der Waals surface area contributed by atoms with E-state index in [1.807, 2.05) is 13.8 Å². The molecule has 0 spiro atoms. The molecule has 11 heteroatoms. The highest BCUT2D eigenvalue weighted by atomic mass is 28.4. The topological polar surface area (TPSA) is 91.7 Å². The highest BCUT2D eigenvalue weighted by molar-refractivity contribution is 6.74. The minimum atomic E-state index is -2.34. The fourth-order valence-electron chi connectivity index (χ4n) is 3.49. The number of halogens is 1. The van der Waals surface area contributed by atoms with Crippen molar-refractivity contribution in [3.63, 3.8) is 0 Å². The Labute approximate surface area is 217 Å². The lowest BCUT2D eigenvalue weighted by molar-refractivity contribution is -0.116. The van der Waals surface area contributed by atoms with E-state index >= 15 is 4.39 Å². The fraction of sp³-hybridized carbons (Fsp3) is 0.800. The van der Waals surface area contributed by atoms with Gasteiger partial charge in [0, 0.05) is 6.42 Å². The van der Waals surface area contributed by atoms with Gasteiger partial charge in [-0.2, -0.15) is 4.98 Å². The van der Waals surface area contributed by atoms with Gasteiger partial charge >= 0.3 is 5.69 Å². The van der Waals surface area contributed by atoms with Crippen LogP contribution in [0.4, 0.5) is 10.2 Å². The normalized spacial score (nSPS) is 23.7. The number of anilines is 1. The monoisotopic (exact) mass is 543 g/mol. The third kappa shape index (κ3) is 6.72. The molecule has 2 rings (SSSR count). The summed E-state index contributed by atoms with van der Waals surface area (Å²) in [4.78, 5) is 28.8. The lowest BCUT2D eigenvalue weighted by Gasteiger charge is -2.44. The zero-order valence-corrected chi connectivity index (χ0v) is 26.1. The van der Waals surface area contributed by atoms with Crippen LogP contribution in [0.2, 0.25) is 36.3 Å². The van der Waals surface area contributed by atoms with Crippen LogP contribution in [0.15, 0.2) is 11.0 Å². The summed E-state index contributed by atoms with van der Waals surface area (Å²) in [6.07, 6.45) is -0.525. The van der Waals surface area contributed by atoms with Crippen LogP contribution in [-0.4, -0.2) is 50.4 Å². The van der Waals surface area contributed by atoms with E-state index in [0.29, 0.717) is 6.42 Å². The number of amides is 1. The maximum atomic E-state index is 15.0. The van der Waals surface area contributed by atoms with Gasteiger partial charge in [-0.3, -0.25) is 9.36 Å². The SMILES string of the molecule is CCCC(=O)Nc1nc(=O)n([C@@H]2O[C@H](C)[C@@H](O[Si](C)(C)C(C)(C)C)[C@H]2O[Si](C)(C)C(C)(C)C)cc1F. The highest BCUT2D eigenvalue weighted by Crippen LogP contribution is 2.45. The Morgan fingerprint density at radius 2 is 1.58 bits per heavy atom. The Kier molecular flexibility index (Phi) is 9.21. The Morgan fingerprint density at radius 3 is 2.06 bits per heavy atom. The van der Waals surface area contributed by atoms with Gasteiger partial charge in [-0.05, 0) is 49.6 Å². The van der Waals surface area contributed by atoms with Gasteiger partial charge in [-0.15, -0.1) is 0 Å². The molecular weight excluding hydrogens is 497 g/mol. The van der Waals surface area contributed by atoms with E-state index in [1.54, 1.807) is 0 Å². The number of nitrogens with zero attached hydrogens (tertiary/aromatic N) is 2. The van der Waals surface area contributed by atoms with Crippen LogP contribution in [0.3, 0.4) is 0 Å². The van der Waals surface area contributed by atoms with Crippen molar-refractivity contribution in [1.29, 1.82) is 0 Å². The molecule has 1 aromatic heterocycles. The predicted octanol–water partition coefficient (Wildman–Crippen LogP) is 5.82. The van der Waals surface area contributed by atoms with Crippen LogP contribution in [-0.2, 0) is 18.4 Å². The molecule has 0 bridgehead atoms. The zero-order valence-electron chi connectivity index (χ0n) is 24.1. The Hall–Kier alpha value is -1.41. The molecule has 1 saturated heterocycles. The minimum Gasteiger partial charge on any atom is -0.409 e. The lowest BCUT2D eigenvalue weighted by atomic mass is 10.1. The average molecular weight is 544 g/mol. The van der Waals surface area contributed by atoms with E-state index in [9.17, 15) is 9.59 Å². The van der Waals surface area contributed by atoms with Gasteiger partial charge in [0.25, 0.3) is 0 Å². The summed E-state index contributed by atoms with van der Waals surface area (Å²) < 4.78 is 36.0. The van der Waals surface area contributed by atoms with E-state index in [-0.39, 0.29) is 22.3 Å². The molecular formula is C25H46FN3O5Si2. The molecule has 8 nitrogen and oxygen atoms in total. The summed E-state index contributed by atoms with van der Waals surface area (Å²) in [5.41, 5.74) is -0.725. The third-order valence-electron chi connectivity index (χ3n) is 7.81. The van der Waals surface area contributed by atoms with Crippen molar-refractivity contribution in [2.45, 2.75) is 129 Å². The molecule has 1 aromatic rings. The van der Waals surface area contributed by atoms with Gasteiger partial charge in [0.1, 0.15) is 12.2 Å². The van der Waals surface area contributed by atoms with Gasteiger partial charge in [0.05, 0.1) is 12.3 Å². The first kappa shape index (κ1) is 30.8. The number of hydrogen-bond donors (Lipinski definition) is 1. The second-order valence-corrected chi connectivity index (χ2v) is 22.4.